The van der Waals surface area contributed by atoms with Gasteiger partial charge in [-0.05, 0) is 18.2 Å². The van der Waals surface area contributed by atoms with Crippen LogP contribution in [0.4, 0.5) is 14.9 Å². The Kier molecular flexibility index (Phi) is 4.81. The number of imide groups is 1. The Bertz CT molecular complexity index is 519. The third kappa shape index (κ3) is 4.26. The van der Waals surface area contributed by atoms with Crippen molar-refractivity contribution in [3.8, 4) is 0 Å². The zero-order valence-corrected chi connectivity index (χ0v) is 10.0. The Balaban J connectivity index is 2.56. The van der Waals surface area contributed by atoms with Gasteiger partial charge in [-0.3, -0.25) is 10.1 Å². The van der Waals surface area contributed by atoms with Gasteiger partial charge in [0.1, 0.15) is 5.82 Å². The Morgan fingerprint density at radius 1 is 1.37 bits per heavy atom. The molecular weight excluding hydrogens is 257 g/mol. The molecule has 0 aromatic heterocycles. The number of nitrogen functional groups attached to an aromatic ring is 1. The summed E-state index contributed by atoms with van der Waals surface area (Å²) in [6.07, 6.45) is 0. The van der Waals surface area contributed by atoms with E-state index in [1.54, 1.807) is 0 Å². The summed E-state index contributed by atoms with van der Waals surface area (Å²) >= 11 is 0. The monoisotopic (exact) mass is 269 g/mol. The average Bonchev–Trinajstić information content (AvgIpc) is 2.35. The van der Waals surface area contributed by atoms with Crippen molar-refractivity contribution in [1.82, 2.24) is 10.6 Å². The fourth-order valence-corrected chi connectivity index (χ4v) is 1.15. The first-order valence-electron chi connectivity index (χ1n) is 5.17. The average molecular weight is 269 g/mol. The number of amides is 3. The number of nitrogens with one attached hydrogen (secondary N) is 2. The van der Waals surface area contributed by atoms with Crippen molar-refractivity contribution in [2.45, 2.75) is 0 Å². The number of hydrogen-bond donors (Lipinski definition) is 3. The quantitative estimate of drug-likeness (QED) is 0.529. The molecule has 0 saturated heterocycles. The number of urea groups is 1. The largest absolute Gasteiger partial charge is 0.452 e. The van der Waals surface area contributed by atoms with Crippen LogP contribution in [-0.2, 0) is 9.53 Å². The van der Waals surface area contributed by atoms with Gasteiger partial charge in [-0.25, -0.2) is 14.0 Å². The van der Waals surface area contributed by atoms with E-state index in [9.17, 15) is 18.8 Å². The molecule has 1 rings (SSSR count). The lowest BCUT2D eigenvalue weighted by atomic mass is 10.2. The molecule has 8 heteroatoms. The molecule has 7 nitrogen and oxygen atoms in total. The molecule has 0 unspecified atom stereocenters. The van der Waals surface area contributed by atoms with E-state index < -0.39 is 30.3 Å². The molecule has 0 fully saturated rings. The van der Waals surface area contributed by atoms with E-state index in [2.05, 4.69) is 10.1 Å². The summed E-state index contributed by atoms with van der Waals surface area (Å²) < 4.78 is 17.4. The molecule has 1 aromatic rings. The second-order valence-corrected chi connectivity index (χ2v) is 3.44. The first-order chi connectivity index (χ1) is 8.93. The predicted molar refractivity (Wildman–Crippen MR) is 63.7 cm³/mol. The lowest BCUT2D eigenvalue weighted by Gasteiger charge is -2.07. The fraction of sp³-hybridized carbons (Fsp3) is 0.182. The van der Waals surface area contributed by atoms with Crippen LogP contribution in [0.2, 0.25) is 0 Å². The van der Waals surface area contributed by atoms with Crippen molar-refractivity contribution in [3.63, 3.8) is 0 Å². The number of carbonyl (C=O) groups excluding carboxylic acids is 3. The van der Waals surface area contributed by atoms with Gasteiger partial charge in [0.05, 0.1) is 5.56 Å². The number of anilines is 1. The minimum atomic E-state index is -0.885. The number of halogens is 1. The van der Waals surface area contributed by atoms with Crippen molar-refractivity contribution in [2.24, 2.45) is 0 Å². The summed E-state index contributed by atoms with van der Waals surface area (Å²) in [6.45, 7) is -0.650. The summed E-state index contributed by atoms with van der Waals surface area (Å²) in [5.74, 6) is -2.27. The summed E-state index contributed by atoms with van der Waals surface area (Å²) in [6, 6.07) is 2.42. The molecule has 0 aliphatic heterocycles. The van der Waals surface area contributed by atoms with Crippen LogP contribution in [0.1, 0.15) is 10.4 Å². The van der Waals surface area contributed by atoms with Crippen molar-refractivity contribution < 1.29 is 23.5 Å². The van der Waals surface area contributed by atoms with Gasteiger partial charge in [0.2, 0.25) is 0 Å². The van der Waals surface area contributed by atoms with E-state index in [1.165, 1.54) is 7.05 Å². The predicted octanol–water partition coefficient (Wildman–Crippen LogP) is 0.0203. The van der Waals surface area contributed by atoms with Crippen molar-refractivity contribution in [3.05, 3.63) is 29.6 Å². The molecule has 3 amide bonds. The van der Waals surface area contributed by atoms with Gasteiger partial charge in [-0.15, -0.1) is 0 Å². The maximum absolute atomic E-state index is 12.8. The number of nitrogens with two attached hydrogens (primary N) is 1. The van der Waals surface area contributed by atoms with Crippen LogP contribution in [0.15, 0.2) is 18.2 Å². The van der Waals surface area contributed by atoms with Crippen LogP contribution < -0.4 is 16.4 Å². The molecule has 0 heterocycles. The third-order valence-electron chi connectivity index (χ3n) is 2.05. The van der Waals surface area contributed by atoms with Gasteiger partial charge < -0.3 is 15.8 Å². The van der Waals surface area contributed by atoms with E-state index in [-0.39, 0.29) is 11.3 Å². The molecular formula is C11H12FN3O4. The Labute approximate surface area is 107 Å². The minimum Gasteiger partial charge on any atom is -0.452 e. The summed E-state index contributed by atoms with van der Waals surface area (Å²) in [5.41, 5.74) is 5.26. The number of rotatable bonds is 3. The highest BCUT2D eigenvalue weighted by Crippen LogP contribution is 2.14. The first-order valence-corrected chi connectivity index (χ1v) is 5.17. The molecule has 0 atom stereocenters. The van der Waals surface area contributed by atoms with Crippen molar-refractivity contribution in [2.75, 3.05) is 19.4 Å². The van der Waals surface area contributed by atoms with Crippen LogP contribution in [-0.4, -0.2) is 31.6 Å². The van der Waals surface area contributed by atoms with Crippen molar-refractivity contribution in [1.29, 1.82) is 0 Å². The summed E-state index contributed by atoms with van der Waals surface area (Å²) in [4.78, 5) is 33.5. The van der Waals surface area contributed by atoms with Crippen LogP contribution in [0.5, 0.6) is 0 Å². The second-order valence-electron chi connectivity index (χ2n) is 3.44. The van der Waals surface area contributed by atoms with Gasteiger partial charge in [-0.1, -0.05) is 0 Å². The van der Waals surface area contributed by atoms with E-state index in [0.29, 0.717) is 0 Å². The van der Waals surface area contributed by atoms with Crippen LogP contribution >= 0.6 is 0 Å². The van der Waals surface area contributed by atoms with E-state index >= 15 is 0 Å². The molecule has 0 aliphatic carbocycles. The smallest absolute Gasteiger partial charge is 0.340 e. The highest BCUT2D eigenvalue weighted by Gasteiger charge is 2.14. The highest BCUT2D eigenvalue weighted by atomic mass is 19.1. The standard InChI is InChI=1S/C11H12FN3O4/c1-14-11(18)15-9(16)5-19-10(17)7-3-2-6(12)4-8(7)13/h2-4H,5,13H2,1H3,(H2,14,15,16,18). The number of hydrogen-bond acceptors (Lipinski definition) is 5. The van der Waals surface area contributed by atoms with Crippen LogP contribution in [0, 0.1) is 5.82 Å². The van der Waals surface area contributed by atoms with Crippen molar-refractivity contribution >= 4 is 23.6 Å². The molecule has 0 saturated carbocycles. The highest BCUT2D eigenvalue weighted by molar-refractivity contribution is 5.98. The second kappa shape index (κ2) is 6.34. The SMILES string of the molecule is CNC(=O)NC(=O)COC(=O)c1ccc(F)cc1N. The lowest BCUT2D eigenvalue weighted by Crippen LogP contribution is -2.39. The summed E-state index contributed by atoms with van der Waals surface area (Å²) in [7, 11) is 1.33. The fourth-order valence-electron chi connectivity index (χ4n) is 1.15. The Hall–Kier alpha value is -2.64. The van der Waals surface area contributed by atoms with Crippen LogP contribution in [0.3, 0.4) is 0 Å². The molecule has 4 N–H and O–H groups in total. The molecule has 1 aromatic carbocycles. The zero-order chi connectivity index (χ0) is 14.4. The molecule has 102 valence electrons. The van der Waals surface area contributed by atoms with Gasteiger partial charge in [0, 0.05) is 12.7 Å². The van der Waals surface area contributed by atoms with Crippen LogP contribution in [0.25, 0.3) is 0 Å². The third-order valence-corrected chi connectivity index (χ3v) is 2.05. The first kappa shape index (κ1) is 14.4. The molecule has 0 bridgehead atoms. The van der Waals surface area contributed by atoms with Gasteiger partial charge >= 0.3 is 12.0 Å². The van der Waals surface area contributed by atoms with Gasteiger partial charge in [-0.2, -0.15) is 0 Å². The number of ether oxygens (including phenoxy) is 1. The normalized spacial score (nSPS) is 9.58. The zero-order valence-electron chi connectivity index (χ0n) is 10.0. The Morgan fingerprint density at radius 2 is 2.05 bits per heavy atom. The van der Waals surface area contributed by atoms with Gasteiger partial charge in [0.15, 0.2) is 6.61 Å². The molecule has 19 heavy (non-hydrogen) atoms. The number of benzene rings is 1. The minimum absolute atomic E-state index is 0.0610. The maximum atomic E-state index is 12.8. The number of esters is 1. The number of carbonyl (C=O) groups is 3. The van der Waals surface area contributed by atoms with E-state index in [4.69, 9.17) is 5.73 Å². The molecule has 0 aliphatic rings. The summed E-state index contributed by atoms with van der Waals surface area (Å²) in [5, 5.41) is 4.06. The van der Waals surface area contributed by atoms with Gasteiger partial charge in [0.25, 0.3) is 5.91 Å². The lowest BCUT2D eigenvalue weighted by molar-refractivity contribution is -0.123. The maximum Gasteiger partial charge on any atom is 0.340 e. The molecule has 0 radical (unpaired) electrons. The topological polar surface area (TPSA) is 111 Å². The molecule has 0 spiro atoms. The van der Waals surface area contributed by atoms with E-state index in [0.717, 1.165) is 18.2 Å². The Morgan fingerprint density at radius 3 is 2.63 bits per heavy atom. The van der Waals surface area contributed by atoms with E-state index in [1.807, 2.05) is 5.32 Å².